The van der Waals surface area contributed by atoms with Crippen molar-refractivity contribution in [1.82, 2.24) is 0 Å². The SMILES string of the molecule is CCOC(=O)C(=N)C(C)=NN. The molecule has 5 heteroatoms. The first-order valence-corrected chi connectivity index (χ1v) is 3.14. The van der Waals surface area contributed by atoms with E-state index in [1.165, 1.54) is 6.92 Å². The maximum Gasteiger partial charge on any atom is 0.358 e. The first-order valence-electron chi connectivity index (χ1n) is 3.14. The van der Waals surface area contributed by atoms with Crippen LogP contribution in [0.25, 0.3) is 0 Å². The van der Waals surface area contributed by atoms with Crippen LogP contribution in [0.15, 0.2) is 5.10 Å². The second-order valence-corrected chi connectivity index (χ2v) is 1.81. The molecular formula is C6H11N3O2. The molecule has 0 saturated heterocycles. The van der Waals surface area contributed by atoms with Crippen molar-refractivity contribution >= 4 is 17.4 Å². The minimum Gasteiger partial charge on any atom is -0.461 e. The molecule has 0 saturated carbocycles. The molecule has 0 aliphatic carbocycles. The quantitative estimate of drug-likeness (QED) is 0.259. The molecule has 0 unspecified atom stereocenters. The maximum atomic E-state index is 10.8. The predicted molar refractivity (Wildman–Crippen MR) is 41.7 cm³/mol. The van der Waals surface area contributed by atoms with E-state index < -0.39 is 5.97 Å². The molecule has 62 valence electrons. The van der Waals surface area contributed by atoms with E-state index in [0.29, 0.717) is 0 Å². The molecule has 0 aromatic rings. The Morgan fingerprint density at radius 1 is 1.73 bits per heavy atom. The highest BCUT2D eigenvalue weighted by Gasteiger charge is 2.12. The molecule has 0 aliphatic rings. The smallest absolute Gasteiger partial charge is 0.358 e. The number of hydrazone groups is 1. The van der Waals surface area contributed by atoms with Crippen LogP contribution >= 0.6 is 0 Å². The van der Waals surface area contributed by atoms with E-state index in [1.807, 2.05) is 0 Å². The van der Waals surface area contributed by atoms with E-state index in [9.17, 15) is 4.79 Å². The molecule has 0 aromatic carbocycles. The lowest BCUT2D eigenvalue weighted by molar-refractivity contribution is -0.134. The molecule has 0 aliphatic heterocycles. The summed E-state index contributed by atoms with van der Waals surface area (Å²) < 4.78 is 4.53. The van der Waals surface area contributed by atoms with E-state index >= 15 is 0 Å². The fraction of sp³-hybridized carbons (Fsp3) is 0.500. The number of nitrogens with two attached hydrogens (primary N) is 1. The van der Waals surface area contributed by atoms with Gasteiger partial charge in [-0.2, -0.15) is 5.10 Å². The van der Waals surface area contributed by atoms with Gasteiger partial charge in [0.25, 0.3) is 0 Å². The molecule has 3 N–H and O–H groups in total. The molecular weight excluding hydrogens is 146 g/mol. The normalized spacial score (nSPS) is 10.9. The largest absolute Gasteiger partial charge is 0.461 e. The third kappa shape index (κ3) is 2.79. The van der Waals surface area contributed by atoms with Crippen molar-refractivity contribution in [3.05, 3.63) is 0 Å². The van der Waals surface area contributed by atoms with Gasteiger partial charge in [-0.25, -0.2) is 4.79 Å². The number of rotatable bonds is 3. The molecule has 0 atom stereocenters. The summed E-state index contributed by atoms with van der Waals surface area (Å²) in [5.74, 6) is 4.15. The molecule has 0 rings (SSSR count). The van der Waals surface area contributed by atoms with Gasteiger partial charge in [0.1, 0.15) is 0 Å². The lowest BCUT2D eigenvalue weighted by Gasteiger charge is -2.00. The first kappa shape index (κ1) is 9.61. The summed E-state index contributed by atoms with van der Waals surface area (Å²) in [6.45, 7) is 3.39. The van der Waals surface area contributed by atoms with Crippen LogP contribution in [-0.4, -0.2) is 24.0 Å². The lowest BCUT2D eigenvalue weighted by Crippen LogP contribution is -2.24. The number of nitrogens with one attached hydrogen (secondary N) is 1. The Morgan fingerprint density at radius 3 is 2.64 bits per heavy atom. The van der Waals surface area contributed by atoms with Gasteiger partial charge in [0.05, 0.1) is 12.3 Å². The van der Waals surface area contributed by atoms with Gasteiger partial charge in [-0.3, -0.25) is 5.41 Å². The van der Waals surface area contributed by atoms with E-state index in [0.717, 1.165) is 0 Å². The minimum atomic E-state index is -0.695. The van der Waals surface area contributed by atoms with Crippen LogP contribution in [0.3, 0.4) is 0 Å². The van der Waals surface area contributed by atoms with Crippen molar-refractivity contribution in [3.63, 3.8) is 0 Å². The Balaban J connectivity index is 4.15. The highest BCUT2D eigenvalue weighted by Crippen LogP contribution is 1.84. The fourth-order valence-corrected chi connectivity index (χ4v) is 0.416. The van der Waals surface area contributed by atoms with Crippen LogP contribution in [0.4, 0.5) is 0 Å². The van der Waals surface area contributed by atoms with Gasteiger partial charge in [0.15, 0.2) is 5.71 Å². The minimum absolute atomic E-state index is 0.170. The van der Waals surface area contributed by atoms with E-state index in [4.69, 9.17) is 11.3 Å². The monoisotopic (exact) mass is 157 g/mol. The van der Waals surface area contributed by atoms with Gasteiger partial charge < -0.3 is 10.6 Å². The number of ether oxygens (including phenoxy) is 1. The summed E-state index contributed by atoms with van der Waals surface area (Å²) in [4.78, 5) is 10.8. The molecule has 0 fully saturated rings. The van der Waals surface area contributed by atoms with Gasteiger partial charge in [0, 0.05) is 0 Å². The van der Waals surface area contributed by atoms with Crippen molar-refractivity contribution in [2.24, 2.45) is 10.9 Å². The third-order valence-corrected chi connectivity index (χ3v) is 1.04. The summed E-state index contributed by atoms with van der Waals surface area (Å²) in [5.41, 5.74) is -0.127. The third-order valence-electron chi connectivity index (χ3n) is 1.04. The van der Waals surface area contributed by atoms with Crippen LogP contribution in [0.2, 0.25) is 0 Å². The van der Waals surface area contributed by atoms with Gasteiger partial charge in [0.2, 0.25) is 0 Å². The number of carbonyl (C=O) groups excluding carboxylic acids is 1. The summed E-state index contributed by atoms with van der Waals surface area (Å²) >= 11 is 0. The molecule has 0 bridgehead atoms. The van der Waals surface area contributed by atoms with Crippen molar-refractivity contribution in [2.75, 3.05) is 6.61 Å². The van der Waals surface area contributed by atoms with Crippen LogP contribution in [0.1, 0.15) is 13.8 Å². The molecule has 0 amide bonds. The molecule has 5 nitrogen and oxygen atoms in total. The summed E-state index contributed by atoms with van der Waals surface area (Å²) in [7, 11) is 0. The second-order valence-electron chi connectivity index (χ2n) is 1.81. The molecule has 0 aromatic heterocycles. The fourth-order valence-electron chi connectivity index (χ4n) is 0.416. The topological polar surface area (TPSA) is 88.5 Å². The standard InChI is InChI=1S/C6H11N3O2/c1-3-11-6(10)5(7)4(2)9-8/h7H,3,8H2,1-2H3. The van der Waals surface area contributed by atoms with Gasteiger partial charge in [-0.15, -0.1) is 0 Å². The van der Waals surface area contributed by atoms with Crippen LogP contribution in [0, 0.1) is 5.41 Å². The predicted octanol–water partition coefficient (Wildman–Crippen LogP) is -0.0961. The summed E-state index contributed by atoms with van der Waals surface area (Å²) in [6.07, 6.45) is 0. The Bertz CT molecular complexity index is 198. The molecule has 0 spiro atoms. The first-order chi connectivity index (χ1) is 5.13. The Labute approximate surface area is 64.7 Å². The van der Waals surface area contributed by atoms with Crippen LogP contribution in [-0.2, 0) is 9.53 Å². The number of esters is 1. The van der Waals surface area contributed by atoms with Crippen molar-refractivity contribution < 1.29 is 9.53 Å². The number of hydrogen-bond acceptors (Lipinski definition) is 5. The molecule has 0 radical (unpaired) electrons. The van der Waals surface area contributed by atoms with E-state index in [1.54, 1.807) is 6.92 Å². The molecule has 11 heavy (non-hydrogen) atoms. The number of carbonyl (C=O) groups is 1. The highest BCUT2D eigenvalue weighted by molar-refractivity contribution is 6.64. The Kier molecular flexibility index (Phi) is 3.87. The van der Waals surface area contributed by atoms with Gasteiger partial charge in [-0.1, -0.05) is 0 Å². The maximum absolute atomic E-state index is 10.8. The van der Waals surface area contributed by atoms with E-state index in [-0.39, 0.29) is 18.0 Å². The summed E-state index contributed by atoms with van der Waals surface area (Å²) in [6, 6.07) is 0. The van der Waals surface area contributed by atoms with Crippen molar-refractivity contribution in [2.45, 2.75) is 13.8 Å². The highest BCUT2D eigenvalue weighted by atomic mass is 16.5. The average molecular weight is 157 g/mol. The van der Waals surface area contributed by atoms with Crippen molar-refractivity contribution in [3.8, 4) is 0 Å². The van der Waals surface area contributed by atoms with Crippen LogP contribution in [0.5, 0.6) is 0 Å². The number of nitrogens with zero attached hydrogens (tertiary/aromatic N) is 1. The Morgan fingerprint density at radius 2 is 2.27 bits per heavy atom. The zero-order valence-corrected chi connectivity index (χ0v) is 6.55. The van der Waals surface area contributed by atoms with Gasteiger partial charge in [-0.05, 0) is 13.8 Å². The Hall–Kier alpha value is -1.39. The van der Waals surface area contributed by atoms with Crippen LogP contribution < -0.4 is 5.84 Å². The van der Waals surface area contributed by atoms with Crippen molar-refractivity contribution in [1.29, 1.82) is 5.41 Å². The zero-order valence-electron chi connectivity index (χ0n) is 6.55. The average Bonchev–Trinajstić information content (AvgIpc) is 2.02. The molecule has 0 heterocycles. The lowest BCUT2D eigenvalue weighted by atomic mass is 10.2. The summed E-state index contributed by atoms with van der Waals surface area (Å²) in [5, 5.41) is 10.3. The van der Waals surface area contributed by atoms with Gasteiger partial charge >= 0.3 is 5.97 Å². The second kappa shape index (κ2) is 4.43. The van der Waals surface area contributed by atoms with E-state index in [2.05, 4.69) is 9.84 Å². The number of hydrogen-bond donors (Lipinski definition) is 2. The zero-order chi connectivity index (χ0) is 8.85.